The molecule has 0 heterocycles. The van der Waals surface area contributed by atoms with Crippen molar-refractivity contribution in [3.63, 3.8) is 0 Å². The lowest BCUT2D eigenvalue weighted by Gasteiger charge is -2.16. The Morgan fingerprint density at radius 3 is 2.04 bits per heavy atom. The predicted molar refractivity (Wildman–Crippen MR) is 107 cm³/mol. The van der Waals surface area contributed by atoms with Crippen LogP contribution in [0.3, 0.4) is 0 Å². The quantitative estimate of drug-likeness (QED) is 0.494. The molecule has 3 nitrogen and oxygen atoms in total. The van der Waals surface area contributed by atoms with Crippen LogP contribution in [0.15, 0.2) is 91.0 Å². The van der Waals surface area contributed by atoms with E-state index in [0.29, 0.717) is 17.9 Å². The van der Waals surface area contributed by atoms with Gasteiger partial charge < -0.3 is 9.84 Å². The molecule has 1 N–H and O–H groups in total. The van der Waals surface area contributed by atoms with E-state index in [1.807, 2.05) is 84.9 Å². The fraction of sp³-hybridized carbons (Fsp3) is 0.0417. The van der Waals surface area contributed by atoms with E-state index < -0.39 is 5.97 Å². The molecular formula is C24H18O3. The molecule has 0 unspecified atom stereocenters. The van der Waals surface area contributed by atoms with Crippen molar-refractivity contribution >= 4 is 16.7 Å². The van der Waals surface area contributed by atoms with Gasteiger partial charge in [-0.3, -0.25) is 0 Å². The van der Waals surface area contributed by atoms with Gasteiger partial charge in [0.15, 0.2) is 0 Å². The van der Waals surface area contributed by atoms with Crippen LogP contribution in [-0.2, 0) is 6.61 Å². The second kappa shape index (κ2) is 7.34. The normalized spacial score (nSPS) is 10.7. The van der Waals surface area contributed by atoms with Crippen molar-refractivity contribution < 1.29 is 14.6 Å². The molecule has 0 aliphatic carbocycles. The van der Waals surface area contributed by atoms with Crippen molar-refractivity contribution in [2.45, 2.75) is 6.61 Å². The van der Waals surface area contributed by atoms with Gasteiger partial charge in [0.2, 0.25) is 0 Å². The highest BCUT2D eigenvalue weighted by Gasteiger charge is 2.18. The molecule has 0 spiro atoms. The van der Waals surface area contributed by atoms with Gasteiger partial charge in [-0.1, -0.05) is 84.9 Å². The van der Waals surface area contributed by atoms with Crippen LogP contribution in [0.5, 0.6) is 5.75 Å². The molecule has 132 valence electrons. The molecule has 4 aromatic rings. The van der Waals surface area contributed by atoms with Gasteiger partial charge >= 0.3 is 5.97 Å². The molecule has 0 atom stereocenters. The van der Waals surface area contributed by atoms with E-state index in [2.05, 4.69) is 0 Å². The maximum Gasteiger partial charge on any atom is 0.336 e. The van der Waals surface area contributed by atoms with Crippen LogP contribution in [-0.4, -0.2) is 11.1 Å². The van der Waals surface area contributed by atoms with Crippen molar-refractivity contribution in [3.05, 3.63) is 102 Å². The highest BCUT2D eigenvalue weighted by atomic mass is 16.5. The minimum Gasteiger partial charge on any atom is -0.488 e. The smallest absolute Gasteiger partial charge is 0.336 e. The highest BCUT2D eigenvalue weighted by molar-refractivity contribution is 6.09. The molecule has 0 bridgehead atoms. The topological polar surface area (TPSA) is 46.5 Å². The molecular weight excluding hydrogens is 336 g/mol. The minimum absolute atomic E-state index is 0.239. The molecule has 0 saturated carbocycles. The molecule has 4 rings (SSSR count). The Morgan fingerprint density at radius 1 is 0.778 bits per heavy atom. The van der Waals surface area contributed by atoms with Gasteiger partial charge in [0, 0.05) is 10.9 Å². The van der Waals surface area contributed by atoms with E-state index in [-0.39, 0.29) is 5.56 Å². The van der Waals surface area contributed by atoms with Crippen LogP contribution in [0.1, 0.15) is 15.9 Å². The Morgan fingerprint density at radius 2 is 1.37 bits per heavy atom. The Kier molecular flexibility index (Phi) is 4.58. The minimum atomic E-state index is -0.968. The number of rotatable bonds is 5. The number of hydrogen-bond donors (Lipinski definition) is 1. The zero-order valence-electron chi connectivity index (χ0n) is 14.6. The molecule has 3 heteroatoms. The van der Waals surface area contributed by atoms with Crippen molar-refractivity contribution in [3.8, 4) is 16.9 Å². The van der Waals surface area contributed by atoms with Gasteiger partial charge in [0.25, 0.3) is 0 Å². The van der Waals surface area contributed by atoms with Crippen LogP contribution in [0.4, 0.5) is 0 Å². The van der Waals surface area contributed by atoms with Crippen molar-refractivity contribution in [1.29, 1.82) is 0 Å². The van der Waals surface area contributed by atoms with Crippen LogP contribution < -0.4 is 4.74 Å². The van der Waals surface area contributed by atoms with E-state index in [4.69, 9.17) is 4.74 Å². The molecule has 0 fully saturated rings. The number of carbonyl (C=O) groups is 1. The van der Waals surface area contributed by atoms with Crippen molar-refractivity contribution in [1.82, 2.24) is 0 Å². The molecule has 0 radical (unpaired) electrons. The summed E-state index contributed by atoms with van der Waals surface area (Å²) in [7, 11) is 0. The fourth-order valence-corrected chi connectivity index (χ4v) is 3.28. The zero-order chi connectivity index (χ0) is 18.6. The predicted octanol–water partition coefficient (Wildman–Crippen LogP) is 5.78. The van der Waals surface area contributed by atoms with Crippen LogP contribution in [0.2, 0.25) is 0 Å². The van der Waals surface area contributed by atoms with Gasteiger partial charge in [-0.2, -0.15) is 0 Å². The van der Waals surface area contributed by atoms with Crippen molar-refractivity contribution in [2.24, 2.45) is 0 Å². The number of hydrogen-bond acceptors (Lipinski definition) is 2. The van der Waals surface area contributed by atoms with Gasteiger partial charge in [0.05, 0.1) is 5.56 Å². The Balaban J connectivity index is 1.87. The SMILES string of the molecule is O=C(O)c1cc(OCc2ccccc2)c2ccccc2c1-c1ccccc1. The Hall–Kier alpha value is -3.59. The third kappa shape index (κ3) is 3.40. The standard InChI is InChI=1S/C24H18O3/c25-24(26)21-15-22(27-16-17-9-3-1-4-10-17)19-13-7-8-14-20(19)23(21)18-11-5-2-6-12-18/h1-15H,16H2,(H,25,26). The third-order valence-electron chi connectivity index (χ3n) is 4.54. The van der Waals surface area contributed by atoms with E-state index in [9.17, 15) is 9.90 Å². The summed E-state index contributed by atoms with van der Waals surface area (Å²) in [6.45, 7) is 0.384. The summed E-state index contributed by atoms with van der Waals surface area (Å²) in [4.78, 5) is 12.0. The van der Waals surface area contributed by atoms with E-state index in [1.54, 1.807) is 6.07 Å². The molecule has 0 aliphatic heterocycles. The lowest BCUT2D eigenvalue weighted by Crippen LogP contribution is -2.03. The molecule has 0 saturated heterocycles. The summed E-state index contributed by atoms with van der Waals surface area (Å²) in [6.07, 6.45) is 0. The average Bonchev–Trinajstić information content (AvgIpc) is 2.72. The molecule has 0 aromatic heterocycles. The number of carboxylic acid groups (broad SMARTS) is 1. The molecule has 0 aliphatic rings. The van der Waals surface area contributed by atoms with E-state index in [0.717, 1.165) is 21.9 Å². The average molecular weight is 354 g/mol. The second-order valence-electron chi connectivity index (χ2n) is 6.29. The number of aromatic carboxylic acids is 1. The van der Waals surface area contributed by atoms with Crippen LogP contribution >= 0.6 is 0 Å². The number of benzene rings is 4. The zero-order valence-corrected chi connectivity index (χ0v) is 14.6. The number of ether oxygens (including phenoxy) is 1. The largest absolute Gasteiger partial charge is 0.488 e. The second-order valence-corrected chi connectivity index (χ2v) is 6.29. The maximum atomic E-state index is 12.0. The summed E-state index contributed by atoms with van der Waals surface area (Å²) in [6, 6.07) is 28.8. The molecule has 0 amide bonds. The first-order valence-electron chi connectivity index (χ1n) is 8.75. The van der Waals surface area contributed by atoms with Crippen molar-refractivity contribution in [2.75, 3.05) is 0 Å². The fourth-order valence-electron chi connectivity index (χ4n) is 3.28. The van der Waals surface area contributed by atoms with Gasteiger partial charge in [-0.25, -0.2) is 4.79 Å². The van der Waals surface area contributed by atoms with Gasteiger partial charge in [0.1, 0.15) is 12.4 Å². The first-order valence-corrected chi connectivity index (χ1v) is 8.75. The Labute approximate surface area is 157 Å². The van der Waals surface area contributed by atoms with E-state index in [1.165, 1.54) is 0 Å². The van der Waals surface area contributed by atoms with Crippen LogP contribution in [0.25, 0.3) is 21.9 Å². The summed E-state index contributed by atoms with van der Waals surface area (Å²) >= 11 is 0. The van der Waals surface area contributed by atoms with Crippen LogP contribution in [0, 0.1) is 0 Å². The van der Waals surface area contributed by atoms with Gasteiger partial charge in [-0.15, -0.1) is 0 Å². The summed E-state index contributed by atoms with van der Waals surface area (Å²) in [5, 5.41) is 11.6. The van der Waals surface area contributed by atoms with Gasteiger partial charge in [-0.05, 0) is 22.6 Å². The Bertz CT molecular complexity index is 1090. The maximum absolute atomic E-state index is 12.0. The summed E-state index contributed by atoms with van der Waals surface area (Å²) in [5.74, 6) is -0.393. The van der Waals surface area contributed by atoms with E-state index >= 15 is 0 Å². The first-order chi connectivity index (χ1) is 13.2. The lowest BCUT2D eigenvalue weighted by molar-refractivity contribution is 0.0697. The summed E-state index contributed by atoms with van der Waals surface area (Å²) < 4.78 is 6.02. The summed E-state index contributed by atoms with van der Waals surface area (Å²) in [5.41, 5.74) is 2.86. The molecule has 27 heavy (non-hydrogen) atoms. The third-order valence-corrected chi connectivity index (χ3v) is 4.54. The first kappa shape index (κ1) is 16.9. The number of carboxylic acids is 1. The monoisotopic (exact) mass is 354 g/mol. The highest BCUT2D eigenvalue weighted by Crippen LogP contribution is 2.38. The lowest BCUT2D eigenvalue weighted by atomic mass is 9.92. The molecule has 4 aromatic carbocycles. The number of fused-ring (bicyclic) bond motifs is 1.